The van der Waals surface area contributed by atoms with Crippen LogP contribution in [0.4, 0.5) is 0 Å². The van der Waals surface area contributed by atoms with E-state index >= 15 is 0 Å². The van der Waals surface area contributed by atoms with Crippen molar-refractivity contribution in [2.75, 3.05) is 13.2 Å². The largest absolute Gasteiger partial charge is 0.462 e. The highest BCUT2D eigenvalue weighted by atomic mass is 16.6. The minimum Gasteiger partial charge on any atom is -0.462 e. The molecule has 6 heteroatoms. The van der Waals surface area contributed by atoms with Crippen LogP contribution in [0, 0.1) is 0 Å². The van der Waals surface area contributed by atoms with Crippen LogP contribution in [0.15, 0.2) is 24.3 Å². The molecule has 0 aromatic heterocycles. The van der Waals surface area contributed by atoms with Crippen LogP contribution in [0.25, 0.3) is 0 Å². The van der Waals surface area contributed by atoms with Crippen LogP contribution in [-0.2, 0) is 28.6 Å². The van der Waals surface area contributed by atoms with Crippen molar-refractivity contribution in [3.63, 3.8) is 0 Å². The minimum atomic E-state index is -0.773. The first kappa shape index (κ1) is 69.9. The highest BCUT2D eigenvalue weighted by Gasteiger charge is 2.19. The Morgan fingerprint density at radius 2 is 0.500 bits per heavy atom. The zero-order chi connectivity index (χ0) is 52.2. The van der Waals surface area contributed by atoms with Crippen molar-refractivity contribution < 1.29 is 28.6 Å². The maximum atomic E-state index is 12.8. The molecule has 0 spiro atoms. The molecule has 0 saturated carbocycles. The molecular formula is C66H124O6. The normalized spacial score (nSPS) is 12.1. The van der Waals surface area contributed by atoms with Gasteiger partial charge >= 0.3 is 17.9 Å². The molecule has 0 aromatic rings. The van der Waals surface area contributed by atoms with E-state index in [4.69, 9.17) is 14.2 Å². The van der Waals surface area contributed by atoms with Gasteiger partial charge in [-0.3, -0.25) is 14.4 Å². The summed E-state index contributed by atoms with van der Waals surface area (Å²) in [5.74, 6) is -0.872. The summed E-state index contributed by atoms with van der Waals surface area (Å²) in [5, 5.41) is 0. The molecular weight excluding hydrogens is 889 g/mol. The van der Waals surface area contributed by atoms with Crippen molar-refractivity contribution in [3.8, 4) is 0 Å². The summed E-state index contributed by atoms with van der Waals surface area (Å²) in [4.78, 5) is 38.0. The summed E-state index contributed by atoms with van der Waals surface area (Å²) in [6, 6.07) is 0. The van der Waals surface area contributed by atoms with E-state index < -0.39 is 6.10 Å². The van der Waals surface area contributed by atoms with Crippen LogP contribution >= 0.6 is 0 Å². The molecule has 0 amide bonds. The van der Waals surface area contributed by atoms with E-state index in [0.717, 1.165) is 77.0 Å². The van der Waals surface area contributed by atoms with E-state index in [9.17, 15) is 14.4 Å². The summed E-state index contributed by atoms with van der Waals surface area (Å²) in [7, 11) is 0. The highest BCUT2D eigenvalue weighted by molar-refractivity contribution is 5.71. The van der Waals surface area contributed by atoms with Gasteiger partial charge in [-0.25, -0.2) is 0 Å². The second-order valence-electron chi connectivity index (χ2n) is 22.0. The molecule has 0 aliphatic carbocycles. The highest BCUT2D eigenvalue weighted by Crippen LogP contribution is 2.18. The Bertz CT molecular complexity index is 1160. The fourth-order valence-corrected chi connectivity index (χ4v) is 9.83. The Morgan fingerprint density at radius 1 is 0.278 bits per heavy atom. The minimum absolute atomic E-state index is 0.0723. The van der Waals surface area contributed by atoms with E-state index in [1.807, 2.05) is 0 Å². The number of rotatable bonds is 60. The molecule has 0 bridgehead atoms. The molecule has 72 heavy (non-hydrogen) atoms. The molecule has 0 fully saturated rings. The third-order valence-electron chi connectivity index (χ3n) is 14.7. The molecule has 1 atom stereocenters. The number of esters is 3. The van der Waals surface area contributed by atoms with Crippen LogP contribution < -0.4 is 0 Å². The first-order valence-corrected chi connectivity index (χ1v) is 32.3. The standard InChI is InChI=1S/C66H124O6/c1-4-7-10-13-16-18-20-22-24-26-27-28-29-30-31-32-33-34-35-36-37-38-39-40-42-43-45-47-50-53-56-59-65(68)71-62-63(61-70-64(67)58-55-52-49-15-12-9-6-3)72-66(69)60-57-54-51-48-46-44-41-25-23-21-19-17-14-11-8-5-2/h19,21,25,41,63H,4-18,20,22-24,26-40,42-62H2,1-3H3/b21-19-,41-25-. The van der Waals surface area contributed by atoms with Crippen LogP contribution in [0.1, 0.15) is 361 Å². The number of hydrogen-bond donors (Lipinski definition) is 0. The van der Waals surface area contributed by atoms with E-state index in [1.54, 1.807) is 0 Å². The molecule has 0 heterocycles. The Labute approximate surface area is 449 Å². The van der Waals surface area contributed by atoms with Gasteiger partial charge in [-0.1, -0.05) is 315 Å². The number of hydrogen-bond acceptors (Lipinski definition) is 6. The first-order valence-electron chi connectivity index (χ1n) is 32.3. The van der Waals surface area contributed by atoms with E-state index in [0.29, 0.717) is 19.3 Å². The maximum absolute atomic E-state index is 12.8. The van der Waals surface area contributed by atoms with Gasteiger partial charge in [-0.2, -0.15) is 0 Å². The Hall–Kier alpha value is -2.11. The Kier molecular flexibility index (Phi) is 59.6. The van der Waals surface area contributed by atoms with Crippen LogP contribution in [-0.4, -0.2) is 37.2 Å². The van der Waals surface area contributed by atoms with Crippen molar-refractivity contribution >= 4 is 17.9 Å². The number of carbonyl (C=O) groups is 3. The molecule has 0 saturated heterocycles. The van der Waals surface area contributed by atoms with Crippen LogP contribution in [0.2, 0.25) is 0 Å². The topological polar surface area (TPSA) is 78.9 Å². The van der Waals surface area contributed by atoms with Crippen molar-refractivity contribution in [1.29, 1.82) is 0 Å². The lowest BCUT2D eigenvalue weighted by atomic mass is 10.0. The third-order valence-corrected chi connectivity index (χ3v) is 14.7. The summed E-state index contributed by atoms with van der Waals surface area (Å²) >= 11 is 0. The molecule has 0 N–H and O–H groups in total. The summed E-state index contributed by atoms with van der Waals surface area (Å²) in [6.45, 7) is 6.62. The van der Waals surface area contributed by atoms with Gasteiger partial charge < -0.3 is 14.2 Å². The third kappa shape index (κ3) is 58.8. The summed E-state index contributed by atoms with van der Waals surface area (Å²) < 4.78 is 16.8. The van der Waals surface area contributed by atoms with E-state index in [1.165, 1.54) is 244 Å². The molecule has 0 aliphatic heterocycles. The molecule has 0 radical (unpaired) electrons. The molecule has 0 aromatic carbocycles. The Morgan fingerprint density at radius 3 is 0.778 bits per heavy atom. The predicted octanol–water partition coefficient (Wildman–Crippen LogP) is 21.8. The lowest BCUT2D eigenvalue weighted by Crippen LogP contribution is -2.30. The van der Waals surface area contributed by atoms with Gasteiger partial charge in [0.2, 0.25) is 0 Å². The fraction of sp³-hybridized carbons (Fsp3) is 0.894. The van der Waals surface area contributed by atoms with E-state index in [2.05, 4.69) is 45.1 Å². The zero-order valence-electron chi connectivity index (χ0n) is 48.7. The number of ether oxygens (including phenoxy) is 3. The molecule has 424 valence electrons. The monoisotopic (exact) mass is 1010 g/mol. The molecule has 1 unspecified atom stereocenters. The van der Waals surface area contributed by atoms with Crippen molar-refractivity contribution in [2.45, 2.75) is 367 Å². The summed E-state index contributed by atoms with van der Waals surface area (Å²) in [5.41, 5.74) is 0. The smallest absolute Gasteiger partial charge is 0.306 e. The Balaban J connectivity index is 3.97. The van der Waals surface area contributed by atoms with Crippen molar-refractivity contribution in [3.05, 3.63) is 24.3 Å². The quantitative estimate of drug-likeness (QED) is 0.0261. The van der Waals surface area contributed by atoms with Crippen molar-refractivity contribution in [2.24, 2.45) is 0 Å². The molecule has 6 nitrogen and oxygen atoms in total. The van der Waals surface area contributed by atoms with Gasteiger partial charge in [0, 0.05) is 19.3 Å². The number of unbranched alkanes of at least 4 members (excludes halogenated alkanes) is 45. The van der Waals surface area contributed by atoms with Gasteiger partial charge in [0.1, 0.15) is 13.2 Å². The predicted molar refractivity (Wildman–Crippen MR) is 312 cm³/mol. The van der Waals surface area contributed by atoms with Gasteiger partial charge in [0.15, 0.2) is 6.10 Å². The average molecular weight is 1010 g/mol. The number of carbonyl (C=O) groups excluding carboxylic acids is 3. The maximum Gasteiger partial charge on any atom is 0.306 e. The van der Waals surface area contributed by atoms with Crippen molar-refractivity contribution in [1.82, 2.24) is 0 Å². The van der Waals surface area contributed by atoms with Gasteiger partial charge in [-0.05, 0) is 51.4 Å². The second-order valence-corrected chi connectivity index (χ2v) is 22.0. The fourth-order valence-electron chi connectivity index (χ4n) is 9.83. The average Bonchev–Trinajstić information content (AvgIpc) is 3.38. The van der Waals surface area contributed by atoms with Crippen LogP contribution in [0.5, 0.6) is 0 Å². The van der Waals surface area contributed by atoms with Crippen LogP contribution in [0.3, 0.4) is 0 Å². The van der Waals surface area contributed by atoms with Gasteiger partial charge in [0.25, 0.3) is 0 Å². The van der Waals surface area contributed by atoms with Gasteiger partial charge in [-0.15, -0.1) is 0 Å². The van der Waals surface area contributed by atoms with Gasteiger partial charge in [0.05, 0.1) is 0 Å². The molecule has 0 rings (SSSR count). The lowest BCUT2D eigenvalue weighted by Gasteiger charge is -2.18. The molecule has 0 aliphatic rings. The van der Waals surface area contributed by atoms with E-state index in [-0.39, 0.29) is 31.1 Å². The lowest BCUT2D eigenvalue weighted by molar-refractivity contribution is -0.167. The SMILES string of the molecule is CCCCCC/C=C\C/C=C\CCCCCCCC(=O)OC(COC(=O)CCCCCCCCC)COC(=O)CCCCCCCCCCCCCCCCCCCCCCCCCCCCCCCCC. The second kappa shape index (κ2) is 61.4. The number of allylic oxidation sites excluding steroid dienone is 4. The zero-order valence-corrected chi connectivity index (χ0v) is 48.7. The summed E-state index contributed by atoms with van der Waals surface area (Å²) in [6.07, 6.45) is 73.8. The first-order chi connectivity index (χ1) is 35.5.